The zero-order chi connectivity index (χ0) is 40.6. The first-order valence-electron chi connectivity index (χ1n) is 19.6. The van der Waals surface area contributed by atoms with Crippen LogP contribution in [0.5, 0.6) is 11.8 Å². The van der Waals surface area contributed by atoms with E-state index in [0.29, 0.717) is 89.6 Å². The van der Waals surface area contributed by atoms with Crippen LogP contribution in [0.15, 0.2) is 37.9 Å². The van der Waals surface area contributed by atoms with E-state index in [1.807, 2.05) is 0 Å². The number of likely N-dealkylation sites (tertiary alicyclic amines) is 1. The van der Waals surface area contributed by atoms with E-state index in [1.54, 1.807) is 25.1 Å². The SMILES string of the molecule is C#Cc1c(F)ccc2cc(OC)cc(-c3nc4c5c(nc(OCC6(CCC)CCCN6C)nc5c3F)N3CC(CC)N(Cc5oc(=O)oc5C)CC3CC4)c12.CO. The van der Waals surface area contributed by atoms with Gasteiger partial charge in [0, 0.05) is 43.2 Å². The number of rotatable bonds is 10. The molecule has 0 spiro atoms. The molecule has 57 heavy (non-hydrogen) atoms. The molecule has 2 fully saturated rings. The van der Waals surface area contributed by atoms with Crippen molar-refractivity contribution in [2.45, 2.75) is 89.9 Å². The fraction of sp³-hybridized carbons (Fsp3) is 0.488. The highest BCUT2D eigenvalue weighted by atomic mass is 19.1. The van der Waals surface area contributed by atoms with E-state index < -0.39 is 17.5 Å². The van der Waals surface area contributed by atoms with E-state index in [-0.39, 0.29) is 40.4 Å². The van der Waals surface area contributed by atoms with Crippen LogP contribution in [0.1, 0.15) is 75.2 Å². The molecule has 3 aromatic heterocycles. The summed E-state index contributed by atoms with van der Waals surface area (Å²) in [6.45, 7) is 9.00. The molecule has 0 aliphatic carbocycles. The number of aliphatic hydroxyl groups excluding tert-OH is 1. The van der Waals surface area contributed by atoms with Crippen molar-refractivity contribution in [3.63, 3.8) is 0 Å². The topological polar surface area (TPSA) is 130 Å². The second-order valence-electron chi connectivity index (χ2n) is 15.2. The zero-order valence-corrected chi connectivity index (χ0v) is 33.5. The first-order chi connectivity index (χ1) is 27.6. The summed E-state index contributed by atoms with van der Waals surface area (Å²) in [7, 11) is 4.65. The van der Waals surface area contributed by atoms with Gasteiger partial charge in [0.2, 0.25) is 0 Å². The molecule has 302 valence electrons. The number of piperazine rings is 1. The number of aromatic nitrogens is 3. The smallest absolute Gasteiger partial charge is 0.497 e. The summed E-state index contributed by atoms with van der Waals surface area (Å²) >= 11 is 0. The molecular weight excluding hydrogens is 735 g/mol. The molecule has 5 aromatic rings. The van der Waals surface area contributed by atoms with Crippen LogP contribution in [0, 0.1) is 30.9 Å². The minimum Gasteiger partial charge on any atom is -0.497 e. The normalized spacial score (nSPS) is 20.9. The molecule has 3 unspecified atom stereocenters. The summed E-state index contributed by atoms with van der Waals surface area (Å²) in [4.78, 5) is 33.8. The van der Waals surface area contributed by atoms with Crippen LogP contribution in [0.3, 0.4) is 0 Å². The Kier molecular flexibility index (Phi) is 11.5. The van der Waals surface area contributed by atoms with E-state index in [4.69, 9.17) is 44.8 Å². The molecular formula is C43H50F2N6O6. The Morgan fingerprint density at radius 3 is 2.58 bits per heavy atom. The summed E-state index contributed by atoms with van der Waals surface area (Å²) in [6.07, 6.45) is 11.8. The van der Waals surface area contributed by atoms with Gasteiger partial charge in [0.25, 0.3) is 0 Å². The van der Waals surface area contributed by atoms with Crippen LogP contribution < -0.4 is 20.2 Å². The summed E-state index contributed by atoms with van der Waals surface area (Å²) in [5.41, 5.74) is 0.872. The number of anilines is 1. The maximum absolute atomic E-state index is 17.5. The third-order valence-electron chi connectivity index (χ3n) is 12.1. The number of likely N-dealkylation sites (N-methyl/N-ethyl adjacent to an activating group) is 1. The van der Waals surface area contributed by atoms with E-state index in [9.17, 15) is 4.79 Å². The lowest BCUT2D eigenvalue weighted by Crippen LogP contribution is -2.58. The number of halogens is 2. The molecule has 3 aliphatic rings. The number of methoxy groups -OCH3 is 1. The fourth-order valence-electron chi connectivity index (χ4n) is 9.11. The number of aryl methyl sites for hydroxylation is 2. The van der Waals surface area contributed by atoms with Crippen LogP contribution in [0.25, 0.3) is 32.9 Å². The quantitative estimate of drug-likeness (QED) is 0.153. The van der Waals surface area contributed by atoms with Crippen LogP contribution in [0.4, 0.5) is 14.6 Å². The van der Waals surface area contributed by atoms with Gasteiger partial charge >= 0.3 is 11.8 Å². The van der Waals surface area contributed by atoms with Crippen molar-refractivity contribution in [2.75, 3.05) is 52.4 Å². The number of hydrogen-bond donors (Lipinski definition) is 1. The van der Waals surface area contributed by atoms with E-state index in [0.717, 1.165) is 45.8 Å². The van der Waals surface area contributed by atoms with Crippen LogP contribution in [-0.2, 0) is 13.0 Å². The monoisotopic (exact) mass is 784 g/mol. The molecule has 0 saturated carbocycles. The van der Waals surface area contributed by atoms with Crippen molar-refractivity contribution in [3.05, 3.63) is 69.3 Å². The zero-order valence-electron chi connectivity index (χ0n) is 33.5. The predicted octanol–water partition coefficient (Wildman–Crippen LogP) is 6.64. The number of terminal acetylenes is 1. The van der Waals surface area contributed by atoms with Crippen molar-refractivity contribution < 1.29 is 32.2 Å². The maximum atomic E-state index is 17.5. The largest absolute Gasteiger partial charge is 0.519 e. The molecule has 0 radical (unpaired) electrons. The van der Waals surface area contributed by atoms with Gasteiger partial charge in [-0.1, -0.05) is 32.3 Å². The molecule has 3 atom stereocenters. The van der Waals surface area contributed by atoms with Gasteiger partial charge in [-0.3, -0.25) is 9.80 Å². The van der Waals surface area contributed by atoms with Crippen molar-refractivity contribution in [1.82, 2.24) is 24.8 Å². The Morgan fingerprint density at radius 2 is 1.91 bits per heavy atom. The third-order valence-corrected chi connectivity index (χ3v) is 12.1. The van der Waals surface area contributed by atoms with Crippen LogP contribution >= 0.6 is 0 Å². The second-order valence-corrected chi connectivity index (χ2v) is 15.2. The molecule has 0 amide bonds. The third kappa shape index (κ3) is 7.21. The molecule has 12 nitrogen and oxygen atoms in total. The van der Waals surface area contributed by atoms with Gasteiger partial charge in [0.1, 0.15) is 41.0 Å². The Balaban J connectivity index is 0.00000244. The first-order valence-corrected chi connectivity index (χ1v) is 19.6. The van der Waals surface area contributed by atoms with E-state index >= 15 is 8.78 Å². The Hall–Kier alpha value is -5.10. The van der Waals surface area contributed by atoms with Crippen molar-refractivity contribution >= 4 is 27.5 Å². The minimum atomic E-state index is -0.714. The Labute approximate surface area is 330 Å². The highest BCUT2D eigenvalue weighted by molar-refractivity contribution is 6.03. The van der Waals surface area contributed by atoms with Crippen LogP contribution in [-0.4, -0.2) is 95.0 Å². The standard InChI is InChI=1S/C42H46F2N6O5.CH4O/c1-7-15-42(16-10-17-48(42)5)23-53-40-46-38-35-32(45-37(36(38)44)30-19-28(52-6)18-25-11-13-31(43)29(9-3)34(25)30)14-12-27-20-49(22-33-24(4)54-41(51)55-33)26(8-2)21-50(27)39(35)47-40;1-2/h3,11,13,18-19,26-27H,7-8,10,12,14-17,20-23H2,1-2,4-6H3;2H,1H3. The van der Waals surface area contributed by atoms with Gasteiger partial charge in [-0.05, 0) is 82.6 Å². The van der Waals surface area contributed by atoms with Gasteiger partial charge in [0.05, 0.1) is 35.8 Å². The minimum absolute atomic E-state index is 0.000439. The first kappa shape index (κ1) is 40.1. The molecule has 6 heterocycles. The van der Waals surface area contributed by atoms with Gasteiger partial charge in [-0.2, -0.15) is 9.97 Å². The Bertz CT molecular complexity index is 2390. The maximum Gasteiger partial charge on any atom is 0.519 e. The molecule has 2 saturated heterocycles. The summed E-state index contributed by atoms with van der Waals surface area (Å²) < 4.78 is 55.5. The van der Waals surface area contributed by atoms with Crippen LogP contribution in [0.2, 0.25) is 0 Å². The van der Waals surface area contributed by atoms with E-state index in [2.05, 4.69) is 41.5 Å². The van der Waals surface area contributed by atoms with Crippen molar-refractivity contribution in [2.24, 2.45) is 0 Å². The number of nitrogens with zero attached hydrogens (tertiary/aromatic N) is 6. The summed E-state index contributed by atoms with van der Waals surface area (Å²) in [5, 5.41) is 8.50. The number of ether oxygens (including phenoxy) is 2. The molecule has 1 N–H and O–H groups in total. The average Bonchev–Trinajstić information content (AvgIpc) is 3.69. The highest BCUT2D eigenvalue weighted by Gasteiger charge is 2.41. The lowest BCUT2D eigenvalue weighted by molar-refractivity contribution is 0.0827. The lowest BCUT2D eigenvalue weighted by atomic mass is 9.92. The van der Waals surface area contributed by atoms with Crippen molar-refractivity contribution in [1.29, 1.82) is 0 Å². The molecule has 3 aliphatic heterocycles. The number of pyridine rings is 1. The van der Waals surface area contributed by atoms with Gasteiger partial charge in [0.15, 0.2) is 11.6 Å². The Morgan fingerprint density at radius 1 is 1.11 bits per heavy atom. The summed E-state index contributed by atoms with van der Waals surface area (Å²) in [6, 6.07) is 6.42. The average molecular weight is 785 g/mol. The lowest BCUT2D eigenvalue weighted by Gasteiger charge is -2.46. The highest BCUT2D eigenvalue weighted by Crippen LogP contribution is 2.43. The molecule has 8 rings (SSSR count). The van der Waals surface area contributed by atoms with Gasteiger partial charge < -0.3 is 28.3 Å². The molecule has 14 heteroatoms. The number of fused-ring (bicyclic) bond motifs is 3. The summed E-state index contributed by atoms with van der Waals surface area (Å²) in [5.74, 6) is 2.51. The number of hydrogen-bond acceptors (Lipinski definition) is 12. The fourth-order valence-corrected chi connectivity index (χ4v) is 9.11. The van der Waals surface area contributed by atoms with E-state index in [1.165, 1.54) is 13.2 Å². The van der Waals surface area contributed by atoms with Gasteiger partial charge in [-0.15, -0.1) is 6.42 Å². The predicted molar refractivity (Wildman–Crippen MR) is 214 cm³/mol. The second kappa shape index (κ2) is 16.4. The van der Waals surface area contributed by atoms with Gasteiger partial charge in [-0.25, -0.2) is 18.6 Å². The van der Waals surface area contributed by atoms with Crippen molar-refractivity contribution in [3.8, 4) is 35.4 Å². The molecule has 0 bridgehead atoms. The number of benzene rings is 2. The molecule has 2 aromatic carbocycles. The number of aliphatic hydroxyl groups is 1.